The zero-order valence-electron chi connectivity index (χ0n) is 12.1. The summed E-state index contributed by atoms with van der Waals surface area (Å²) in [6.45, 7) is 2.44. The van der Waals surface area contributed by atoms with E-state index in [1.165, 1.54) is 6.33 Å². The first-order valence-corrected chi connectivity index (χ1v) is 6.94. The quantitative estimate of drug-likeness (QED) is 0.647. The van der Waals surface area contributed by atoms with Gasteiger partial charge in [-0.3, -0.25) is 4.79 Å². The minimum atomic E-state index is -0.729. The van der Waals surface area contributed by atoms with Crippen LogP contribution >= 0.6 is 0 Å². The number of carboxylic acid groups (broad SMARTS) is 1. The fourth-order valence-corrected chi connectivity index (χ4v) is 2.39. The lowest BCUT2D eigenvalue weighted by atomic mass is 9.97. The molecule has 1 saturated heterocycles. The molecule has 21 heavy (non-hydrogen) atoms. The number of piperidine rings is 1. The summed E-state index contributed by atoms with van der Waals surface area (Å²) in [5.41, 5.74) is 6.59. The van der Waals surface area contributed by atoms with Gasteiger partial charge in [-0.15, -0.1) is 0 Å². The molecule has 8 heteroatoms. The number of aromatic nitrogens is 2. The van der Waals surface area contributed by atoms with Crippen molar-refractivity contribution in [1.29, 1.82) is 0 Å². The van der Waals surface area contributed by atoms with Gasteiger partial charge < -0.3 is 25.8 Å². The van der Waals surface area contributed by atoms with Crippen LogP contribution in [0.1, 0.15) is 12.8 Å². The highest BCUT2D eigenvalue weighted by atomic mass is 16.5. The molecule has 0 amide bonds. The first kappa shape index (κ1) is 15.3. The van der Waals surface area contributed by atoms with E-state index >= 15 is 0 Å². The first-order chi connectivity index (χ1) is 10.1. The largest absolute Gasteiger partial charge is 0.481 e. The Morgan fingerprint density at radius 1 is 1.52 bits per heavy atom. The van der Waals surface area contributed by atoms with Crippen LogP contribution in [-0.2, 0) is 9.53 Å². The average molecular weight is 295 g/mol. The van der Waals surface area contributed by atoms with E-state index < -0.39 is 5.97 Å². The van der Waals surface area contributed by atoms with Gasteiger partial charge in [0.05, 0.1) is 12.5 Å². The van der Waals surface area contributed by atoms with E-state index in [9.17, 15) is 4.79 Å². The molecule has 0 aliphatic carbocycles. The molecule has 0 atom stereocenters. The van der Waals surface area contributed by atoms with Crippen LogP contribution in [0, 0.1) is 5.92 Å². The molecule has 0 bridgehead atoms. The monoisotopic (exact) mass is 295 g/mol. The smallest absolute Gasteiger partial charge is 0.306 e. The summed E-state index contributed by atoms with van der Waals surface area (Å²) in [7, 11) is 1.63. The lowest BCUT2D eigenvalue weighted by Gasteiger charge is -2.31. The van der Waals surface area contributed by atoms with Gasteiger partial charge >= 0.3 is 5.97 Å². The molecule has 1 aromatic heterocycles. The van der Waals surface area contributed by atoms with Crippen molar-refractivity contribution in [1.82, 2.24) is 9.97 Å². The fourth-order valence-electron chi connectivity index (χ4n) is 2.39. The number of nitrogens with one attached hydrogen (secondary N) is 1. The minimum Gasteiger partial charge on any atom is -0.481 e. The van der Waals surface area contributed by atoms with Crippen molar-refractivity contribution in [2.24, 2.45) is 5.92 Å². The third kappa shape index (κ3) is 3.72. The number of anilines is 3. The number of nitrogens with zero attached hydrogens (tertiary/aromatic N) is 3. The zero-order chi connectivity index (χ0) is 15.2. The van der Waals surface area contributed by atoms with Crippen LogP contribution < -0.4 is 16.0 Å². The summed E-state index contributed by atoms with van der Waals surface area (Å²) in [6.07, 6.45) is 2.67. The molecule has 1 aromatic rings. The van der Waals surface area contributed by atoms with Crippen LogP contribution in [0.4, 0.5) is 17.3 Å². The Morgan fingerprint density at radius 3 is 2.86 bits per heavy atom. The molecule has 4 N–H and O–H groups in total. The molecule has 116 valence electrons. The summed E-state index contributed by atoms with van der Waals surface area (Å²) in [6, 6.07) is 0. The number of hydrogen-bond acceptors (Lipinski definition) is 7. The van der Waals surface area contributed by atoms with Gasteiger partial charge in [-0.05, 0) is 12.8 Å². The van der Waals surface area contributed by atoms with E-state index in [-0.39, 0.29) is 5.92 Å². The van der Waals surface area contributed by atoms with Crippen molar-refractivity contribution in [3.05, 3.63) is 6.33 Å². The molecule has 0 radical (unpaired) electrons. The second-order valence-electron chi connectivity index (χ2n) is 4.98. The number of ether oxygens (including phenoxy) is 1. The Balaban J connectivity index is 2.03. The van der Waals surface area contributed by atoms with E-state index in [2.05, 4.69) is 15.3 Å². The number of nitrogen functional groups attached to an aromatic ring is 1. The maximum Gasteiger partial charge on any atom is 0.306 e. The molecule has 0 saturated carbocycles. The van der Waals surface area contributed by atoms with Crippen LogP contribution in [-0.4, -0.2) is 54.4 Å². The lowest BCUT2D eigenvalue weighted by Crippen LogP contribution is -2.37. The fraction of sp³-hybridized carbons (Fsp3) is 0.615. The topological polar surface area (TPSA) is 114 Å². The summed E-state index contributed by atoms with van der Waals surface area (Å²) in [5, 5.41) is 12.1. The number of carboxylic acids is 1. The molecule has 1 aliphatic rings. The van der Waals surface area contributed by atoms with Crippen molar-refractivity contribution in [3.8, 4) is 0 Å². The number of hydrogen-bond donors (Lipinski definition) is 3. The van der Waals surface area contributed by atoms with Crippen molar-refractivity contribution < 1.29 is 14.6 Å². The summed E-state index contributed by atoms with van der Waals surface area (Å²) >= 11 is 0. The number of methoxy groups -OCH3 is 1. The summed E-state index contributed by atoms with van der Waals surface area (Å²) in [4.78, 5) is 21.3. The molecule has 1 fully saturated rings. The molecule has 0 spiro atoms. The molecule has 8 nitrogen and oxygen atoms in total. The molecular formula is C13H21N5O3. The summed E-state index contributed by atoms with van der Waals surface area (Å²) < 4.78 is 4.97. The molecule has 0 unspecified atom stereocenters. The normalized spacial score (nSPS) is 16.0. The van der Waals surface area contributed by atoms with Crippen LogP contribution in [0.15, 0.2) is 6.33 Å². The SMILES string of the molecule is COCCNc1ncnc(N2CCC(C(=O)O)CC2)c1N. The number of carbonyl (C=O) groups is 1. The van der Waals surface area contributed by atoms with Gasteiger partial charge in [0, 0.05) is 26.7 Å². The van der Waals surface area contributed by atoms with E-state index in [0.717, 1.165) is 0 Å². The van der Waals surface area contributed by atoms with Crippen LogP contribution in [0.2, 0.25) is 0 Å². The first-order valence-electron chi connectivity index (χ1n) is 6.94. The molecule has 2 heterocycles. The molecule has 1 aliphatic heterocycles. The van der Waals surface area contributed by atoms with Crippen LogP contribution in [0.25, 0.3) is 0 Å². The lowest BCUT2D eigenvalue weighted by molar-refractivity contribution is -0.142. The third-order valence-electron chi connectivity index (χ3n) is 3.61. The zero-order valence-corrected chi connectivity index (χ0v) is 12.1. The summed E-state index contributed by atoms with van der Waals surface area (Å²) in [5.74, 6) is 0.238. The van der Waals surface area contributed by atoms with Crippen molar-refractivity contribution in [2.45, 2.75) is 12.8 Å². The van der Waals surface area contributed by atoms with E-state index in [1.54, 1.807) is 7.11 Å². The highest BCUT2D eigenvalue weighted by Crippen LogP contribution is 2.29. The van der Waals surface area contributed by atoms with Gasteiger partial charge in [0.15, 0.2) is 11.6 Å². The second-order valence-corrected chi connectivity index (χ2v) is 4.98. The average Bonchev–Trinajstić information content (AvgIpc) is 2.49. The number of rotatable bonds is 6. The Hall–Kier alpha value is -2.09. The maximum atomic E-state index is 11.0. The minimum absolute atomic E-state index is 0.274. The third-order valence-corrected chi connectivity index (χ3v) is 3.61. The van der Waals surface area contributed by atoms with Crippen LogP contribution in [0.3, 0.4) is 0 Å². The second kappa shape index (κ2) is 7.07. The Labute approximate surface area is 123 Å². The Kier molecular flexibility index (Phi) is 5.15. The predicted molar refractivity (Wildman–Crippen MR) is 79.4 cm³/mol. The van der Waals surface area contributed by atoms with E-state index in [4.69, 9.17) is 15.6 Å². The van der Waals surface area contributed by atoms with Gasteiger partial charge in [0.25, 0.3) is 0 Å². The Morgan fingerprint density at radius 2 is 2.24 bits per heavy atom. The Bertz CT molecular complexity index is 489. The highest BCUT2D eigenvalue weighted by Gasteiger charge is 2.26. The highest BCUT2D eigenvalue weighted by molar-refractivity contribution is 5.75. The van der Waals surface area contributed by atoms with Crippen LogP contribution in [0.5, 0.6) is 0 Å². The van der Waals surface area contributed by atoms with E-state index in [0.29, 0.717) is 56.4 Å². The van der Waals surface area contributed by atoms with Crippen molar-refractivity contribution >= 4 is 23.3 Å². The van der Waals surface area contributed by atoms with E-state index in [1.807, 2.05) is 4.90 Å². The van der Waals surface area contributed by atoms with Gasteiger partial charge in [0.1, 0.15) is 12.0 Å². The number of aliphatic carboxylic acids is 1. The molecule has 0 aromatic carbocycles. The maximum absolute atomic E-state index is 11.0. The van der Waals surface area contributed by atoms with Gasteiger partial charge in [-0.1, -0.05) is 0 Å². The predicted octanol–water partition coefficient (Wildman–Crippen LogP) is 0.418. The number of nitrogens with two attached hydrogens (primary N) is 1. The van der Waals surface area contributed by atoms with Gasteiger partial charge in [0.2, 0.25) is 0 Å². The van der Waals surface area contributed by atoms with Gasteiger partial charge in [-0.25, -0.2) is 9.97 Å². The van der Waals surface area contributed by atoms with Crippen molar-refractivity contribution in [3.63, 3.8) is 0 Å². The molecule has 2 rings (SSSR count). The standard InChI is InChI=1S/C13H21N5O3/c1-21-7-4-15-11-10(14)12(17-8-16-11)18-5-2-9(3-6-18)13(19)20/h8-9H,2-7,14H2,1H3,(H,19,20)(H,15,16,17). The van der Waals surface area contributed by atoms with Gasteiger partial charge in [-0.2, -0.15) is 0 Å². The molecular weight excluding hydrogens is 274 g/mol. The van der Waals surface area contributed by atoms with Crippen molar-refractivity contribution in [2.75, 3.05) is 49.3 Å².